The number of hydrogen-bond donors (Lipinski definition) is 1. The molecule has 1 saturated heterocycles. The van der Waals surface area contributed by atoms with Gasteiger partial charge in [-0.1, -0.05) is 35.5 Å². The SMILES string of the molecule is O=S(=O)(NC1CCN(Cc2ccccc2)CC1)c1ccc(-c2ccon2)s1. The largest absolute Gasteiger partial charge is 0.364 e. The minimum absolute atomic E-state index is 0.0281. The van der Waals surface area contributed by atoms with E-state index in [1.807, 2.05) is 18.2 Å². The van der Waals surface area contributed by atoms with Crippen LogP contribution in [0.2, 0.25) is 0 Å². The van der Waals surface area contributed by atoms with E-state index in [9.17, 15) is 8.42 Å². The van der Waals surface area contributed by atoms with Crippen molar-refractivity contribution in [2.24, 2.45) is 0 Å². The van der Waals surface area contributed by atoms with Gasteiger partial charge in [0, 0.05) is 31.7 Å². The minimum atomic E-state index is -3.51. The van der Waals surface area contributed by atoms with Crippen LogP contribution in [0.25, 0.3) is 10.6 Å². The number of nitrogens with one attached hydrogen (secondary N) is 1. The molecule has 0 saturated carbocycles. The second-order valence-electron chi connectivity index (χ2n) is 6.66. The lowest BCUT2D eigenvalue weighted by molar-refractivity contribution is 0.200. The Balaban J connectivity index is 1.34. The van der Waals surface area contributed by atoms with Gasteiger partial charge in [0.2, 0.25) is 10.0 Å². The van der Waals surface area contributed by atoms with E-state index in [1.54, 1.807) is 18.2 Å². The highest BCUT2D eigenvalue weighted by atomic mass is 32.2. The van der Waals surface area contributed by atoms with Crippen molar-refractivity contribution in [3.63, 3.8) is 0 Å². The van der Waals surface area contributed by atoms with Gasteiger partial charge in [0.15, 0.2) is 0 Å². The third kappa shape index (κ3) is 4.47. The minimum Gasteiger partial charge on any atom is -0.364 e. The molecule has 2 aromatic heterocycles. The summed E-state index contributed by atoms with van der Waals surface area (Å²) in [6.45, 7) is 2.68. The number of sulfonamides is 1. The highest BCUT2D eigenvalue weighted by Gasteiger charge is 2.26. The van der Waals surface area contributed by atoms with E-state index in [0.717, 1.165) is 37.4 Å². The first-order valence-electron chi connectivity index (χ1n) is 8.89. The fraction of sp³-hybridized carbons (Fsp3) is 0.316. The molecule has 1 fully saturated rings. The van der Waals surface area contributed by atoms with Gasteiger partial charge < -0.3 is 4.52 Å². The number of hydrogen-bond acceptors (Lipinski definition) is 6. The Morgan fingerprint density at radius 2 is 1.89 bits per heavy atom. The van der Waals surface area contributed by atoms with Gasteiger partial charge in [0.25, 0.3) is 0 Å². The van der Waals surface area contributed by atoms with Crippen LogP contribution in [-0.2, 0) is 16.6 Å². The quantitative estimate of drug-likeness (QED) is 0.683. The maximum absolute atomic E-state index is 12.7. The van der Waals surface area contributed by atoms with Gasteiger partial charge in [0.1, 0.15) is 16.2 Å². The zero-order valence-corrected chi connectivity index (χ0v) is 16.4. The molecule has 27 heavy (non-hydrogen) atoms. The zero-order valence-electron chi connectivity index (χ0n) is 14.7. The van der Waals surface area contributed by atoms with E-state index in [1.165, 1.54) is 23.2 Å². The summed E-state index contributed by atoms with van der Waals surface area (Å²) in [7, 11) is -3.51. The smallest absolute Gasteiger partial charge is 0.250 e. The molecular weight excluding hydrogens is 382 g/mol. The van der Waals surface area contributed by atoms with Crippen molar-refractivity contribution < 1.29 is 12.9 Å². The molecule has 0 amide bonds. The molecule has 0 unspecified atom stereocenters. The van der Waals surface area contributed by atoms with Crippen LogP contribution < -0.4 is 4.72 Å². The maximum Gasteiger partial charge on any atom is 0.250 e. The van der Waals surface area contributed by atoms with Gasteiger partial charge >= 0.3 is 0 Å². The average Bonchev–Trinajstić information content (AvgIpc) is 3.36. The highest BCUT2D eigenvalue weighted by molar-refractivity contribution is 7.91. The molecule has 142 valence electrons. The Hall–Kier alpha value is -2.00. The van der Waals surface area contributed by atoms with Crippen LogP contribution in [0, 0.1) is 0 Å². The highest BCUT2D eigenvalue weighted by Crippen LogP contribution is 2.30. The molecule has 6 nitrogen and oxygen atoms in total. The van der Waals surface area contributed by atoms with E-state index < -0.39 is 10.0 Å². The average molecular weight is 404 g/mol. The molecule has 0 radical (unpaired) electrons. The fourth-order valence-corrected chi connectivity index (χ4v) is 5.86. The number of aromatic nitrogens is 1. The third-order valence-corrected chi connectivity index (χ3v) is 7.81. The third-order valence-electron chi connectivity index (χ3n) is 4.69. The topological polar surface area (TPSA) is 75.4 Å². The summed E-state index contributed by atoms with van der Waals surface area (Å²) in [5.41, 5.74) is 1.94. The fourth-order valence-electron chi connectivity index (χ4n) is 3.27. The molecular formula is C19H21N3O3S2. The number of nitrogens with zero attached hydrogens (tertiary/aromatic N) is 2. The molecule has 3 heterocycles. The van der Waals surface area contributed by atoms with Crippen LogP contribution in [0.5, 0.6) is 0 Å². The number of thiophene rings is 1. The summed E-state index contributed by atoms with van der Waals surface area (Å²) >= 11 is 1.21. The number of piperidine rings is 1. The van der Waals surface area contributed by atoms with Crippen molar-refractivity contribution in [2.75, 3.05) is 13.1 Å². The van der Waals surface area contributed by atoms with Crippen LogP contribution in [0.15, 0.2) is 63.5 Å². The van der Waals surface area contributed by atoms with Gasteiger partial charge in [-0.15, -0.1) is 11.3 Å². The number of likely N-dealkylation sites (tertiary alicyclic amines) is 1. The van der Waals surface area contributed by atoms with Crippen molar-refractivity contribution in [2.45, 2.75) is 29.6 Å². The van der Waals surface area contributed by atoms with Crippen LogP contribution in [0.1, 0.15) is 18.4 Å². The molecule has 4 rings (SSSR count). The molecule has 1 N–H and O–H groups in total. The Morgan fingerprint density at radius 3 is 2.59 bits per heavy atom. The van der Waals surface area contributed by atoms with Crippen LogP contribution in [0.3, 0.4) is 0 Å². The summed E-state index contributed by atoms with van der Waals surface area (Å²) in [5, 5.41) is 3.85. The summed E-state index contributed by atoms with van der Waals surface area (Å²) in [6.07, 6.45) is 3.10. The molecule has 1 aliphatic heterocycles. The van der Waals surface area contributed by atoms with Gasteiger partial charge in [0.05, 0.1) is 4.88 Å². The van der Waals surface area contributed by atoms with Crippen molar-refractivity contribution in [3.8, 4) is 10.6 Å². The molecule has 0 atom stereocenters. The standard InChI is InChI=1S/C19H21N3O3S2/c23-27(24,19-7-6-18(26-19)17-10-13-25-20-17)21-16-8-11-22(12-9-16)14-15-4-2-1-3-5-15/h1-7,10,13,16,21H,8-9,11-12,14H2. The van der Waals surface area contributed by atoms with E-state index in [-0.39, 0.29) is 6.04 Å². The molecule has 1 aromatic carbocycles. The van der Waals surface area contributed by atoms with Gasteiger partial charge in [-0.2, -0.15) is 0 Å². The molecule has 3 aromatic rings. The Bertz CT molecular complexity index is 961. The maximum atomic E-state index is 12.7. The van der Waals surface area contributed by atoms with Gasteiger partial charge in [-0.25, -0.2) is 13.1 Å². The van der Waals surface area contributed by atoms with E-state index in [2.05, 4.69) is 26.9 Å². The van der Waals surface area contributed by atoms with Gasteiger partial charge in [-0.05, 0) is 30.5 Å². The van der Waals surface area contributed by atoms with Crippen molar-refractivity contribution in [3.05, 3.63) is 60.4 Å². The summed E-state index contributed by atoms with van der Waals surface area (Å²) < 4.78 is 33.4. The van der Waals surface area contributed by atoms with Crippen LogP contribution in [0.4, 0.5) is 0 Å². The lowest BCUT2D eigenvalue weighted by atomic mass is 10.1. The summed E-state index contributed by atoms with van der Waals surface area (Å²) in [5.74, 6) is 0. The Labute approximate surface area is 162 Å². The monoisotopic (exact) mass is 403 g/mol. The predicted molar refractivity (Wildman–Crippen MR) is 105 cm³/mol. The molecule has 0 bridgehead atoms. The Kier molecular flexibility index (Phi) is 5.40. The first kappa shape index (κ1) is 18.4. The summed E-state index contributed by atoms with van der Waals surface area (Å²) in [6, 6.07) is 15.4. The normalized spacial score (nSPS) is 16.6. The van der Waals surface area contributed by atoms with Crippen LogP contribution >= 0.6 is 11.3 Å². The summed E-state index contributed by atoms with van der Waals surface area (Å²) in [4.78, 5) is 3.15. The van der Waals surface area contributed by atoms with E-state index >= 15 is 0 Å². The first-order chi connectivity index (χ1) is 13.1. The molecule has 0 aliphatic carbocycles. The molecule has 1 aliphatic rings. The van der Waals surface area contributed by atoms with E-state index in [0.29, 0.717) is 9.90 Å². The van der Waals surface area contributed by atoms with Crippen molar-refractivity contribution >= 4 is 21.4 Å². The lowest BCUT2D eigenvalue weighted by Crippen LogP contribution is -2.44. The molecule has 8 heteroatoms. The second-order valence-corrected chi connectivity index (χ2v) is 9.69. The van der Waals surface area contributed by atoms with Crippen LogP contribution in [-0.4, -0.2) is 37.6 Å². The first-order valence-corrected chi connectivity index (χ1v) is 11.2. The zero-order chi connectivity index (χ0) is 18.7. The number of rotatable bonds is 6. The van der Waals surface area contributed by atoms with Gasteiger partial charge in [-0.3, -0.25) is 4.90 Å². The van der Waals surface area contributed by atoms with Crippen molar-refractivity contribution in [1.29, 1.82) is 0 Å². The Morgan fingerprint density at radius 1 is 1.11 bits per heavy atom. The van der Waals surface area contributed by atoms with Crippen molar-refractivity contribution in [1.82, 2.24) is 14.8 Å². The predicted octanol–water partition coefficient (Wildman–Crippen LogP) is 3.35. The molecule has 0 spiro atoms. The second kappa shape index (κ2) is 7.93. The van der Waals surface area contributed by atoms with E-state index in [4.69, 9.17) is 4.52 Å². The lowest BCUT2D eigenvalue weighted by Gasteiger charge is -2.32. The number of benzene rings is 1.